The van der Waals surface area contributed by atoms with Crippen LogP contribution in [0.4, 0.5) is 0 Å². The van der Waals surface area contributed by atoms with Crippen molar-refractivity contribution in [2.75, 3.05) is 20.3 Å². The average Bonchev–Trinajstić information content (AvgIpc) is 3.08. The van der Waals surface area contributed by atoms with Crippen LogP contribution < -0.4 is 10.6 Å². The molecule has 1 saturated heterocycles. The van der Waals surface area contributed by atoms with Crippen molar-refractivity contribution in [3.05, 3.63) is 65.0 Å². The lowest BCUT2D eigenvalue weighted by Gasteiger charge is -2.11. The maximum absolute atomic E-state index is 12.7. The monoisotopic (exact) mass is 351 g/mol. The fourth-order valence-electron chi connectivity index (χ4n) is 3.55. The fraction of sp³-hybridized carbons (Fsp3) is 0.350. The van der Waals surface area contributed by atoms with Gasteiger partial charge in [-0.25, -0.2) is 4.98 Å². The largest absolute Gasteiger partial charge is 0.381 e. The number of benzene rings is 1. The summed E-state index contributed by atoms with van der Waals surface area (Å²) in [6.07, 6.45) is 0.564. The number of amides is 2. The van der Waals surface area contributed by atoms with Crippen LogP contribution in [0.15, 0.2) is 42.5 Å². The van der Waals surface area contributed by atoms with E-state index in [9.17, 15) is 9.59 Å². The van der Waals surface area contributed by atoms with E-state index in [0.29, 0.717) is 42.7 Å². The fourth-order valence-corrected chi connectivity index (χ4v) is 3.55. The first-order valence-electron chi connectivity index (χ1n) is 8.81. The van der Waals surface area contributed by atoms with Crippen molar-refractivity contribution >= 4 is 11.8 Å². The van der Waals surface area contributed by atoms with Gasteiger partial charge in [-0.15, -0.1) is 0 Å². The summed E-state index contributed by atoms with van der Waals surface area (Å²) in [4.78, 5) is 29.2. The highest BCUT2D eigenvalue weighted by molar-refractivity contribution is 5.98. The highest BCUT2D eigenvalue weighted by Crippen LogP contribution is 2.44. The van der Waals surface area contributed by atoms with Crippen molar-refractivity contribution in [2.24, 2.45) is 11.8 Å². The van der Waals surface area contributed by atoms with Crippen LogP contribution in [-0.4, -0.2) is 43.1 Å². The Morgan fingerprint density at radius 3 is 2.54 bits per heavy atom. The van der Waals surface area contributed by atoms with Gasteiger partial charge < -0.3 is 15.4 Å². The molecular weight excluding hydrogens is 330 g/mol. The van der Waals surface area contributed by atoms with Gasteiger partial charge in [0, 0.05) is 42.6 Å². The quantitative estimate of drug-likeness (QED) is 0.853. The first-order valence-corrected chi connectivity index (χ1v) is 8.81. The Balaban J connectivity index is 1.57. The molecule has 6 heteroatoms. The number of ether oxygens (including phenoxy) is 1. The molecule has 0 spiro atoms. The summed E-state index contributed by atoms with van der Waals surface area (Å²) in [5, 5.41) is 5.64. The number of hydrogen-bond acceptors (Lipinski definition) is 4. The van der Waals surface area contributed by atoms with Crippen molar-refractivity contribution in [1.29, 1.82) is 0 Å². The molecular formula is C20H21N3O3. The van der Waals surface area contributed by atoms with E-state index in [0.717, 1.165) is 5.56 Å². The molecule has 1 unspecified atom stereocenters. The molecule has 3 atom stereocenters. The number of nitrogens with zero attached hydrogens (tertiary/aromatic N) is 1. The smallest absolute Gasteiger partial charge is 0.269 e. The summed E-state index contributed by atoms with van der Waals surface area (Å²) in [7, 11) is 1.55. The summed E-state index contributed by atoms with van der Waals surface area (Å²) in [5.41, 5.74) is 2.50. The van der Waals surface area contributed by atoms with Gasteiger partial charge in [-0.1, -0.05) is 30.3 Å². The van der Waals surface area contributed by atoms with Crippen LogP contribution >= 0.6 is 0 Å². The number of nitrogens with one attached hydrogen (secondary N) is 2. The van der Waals surface area contributed by atoms with Crippen LogP contribution in [0, 0.1) is 11.8 Å². The molecule has 2 heterocycles. The van der Waals surface area contributed by atoms with Crippen molar-refractivity contribution in [1.82, 2.24) is 15.6 Å². The highest BCUT2D eigenvalue weighted by atomic mass is 16.5. The minimum Gasteiger partial charge on any atom is -0.381 e. The van der Waals surface area contributed by atoms with Gasteiger partial charge in [0.05, 0.1) is 13.2 Å². The molecule has 6 nitrogen and oxygen atoms in total. The highest BCUT2D eigenvalue weighted by Gasteiger charge is 2.54. The van der Waals surface area contributed by atoms with E-state index in [1.165, 1.54) is 0 Å². The first kappa shape index (κ1) is 16.7. The Morgan fingerprint density at radius 2 is 1.85 bits per heavy atom. The topological polar surface area (TPSA) is 80.3 Å². The van der Waals surface area contributed by atoms with Crippen LogP contribution in [0.3, 0.4) is 0 Å². The van der Waals surface area contributed by atoms with E-state index in [4.69, 9.17) is 4.74 Å². The zero-order chi connectivity index (χ0) is 18.1. The Hall–Kier alpha value is -2.73. The van der Waals surface area contributed by atoms with Gasteiger partial charge in [0.15, 0.2) is 0 Å². The molecule has 0 radical (unpaired) electrons. The Morgan fingerprint density at radius 1 is 1.12 bits per heavy atom. The van der Waals surface area contributed by atoms with E-state index in [1.807, 2.05) is 30.3 Å². The van der Waals surface area contributed by atoms with Crippen molar-refractivity contribution in [2.45, 2.75) is 12.5 Å². The number of carbonyl (C=O) groups is 2. The molecule has 2 aromatic rings. The molecule has 1 saturated carbocycles. The number of rotatable bonds is 5. The van der Waals surface area contributed by atoms with Crippen LogP contribution in [0.5, 0.6) is 0 Å². The first-order chi connectivity index (χ1) is 12.7. The zero-order valence-electron chi connectivity index (χ0n) is 14.6. The van der Waals surface area contributed by atoms with Gasteiger partial charge in [-0.05, 0) is 17.7 Å². The zero-order valence-corrected chi connectivity index (χ0v) is 14.6. The molecule has 1 aromatic heterocycles. The van der Waals surface area contributed by atoms with E-state index in [-0.39, 0.29) is 23.6 Å². The Labute approximate surface area is 152 Å². The number of fused-ring (bicyclic) bond motifs is 1. The summed E-state index contributed by atoms with van der Waals surface area (Å²) in [6, 6.07) is 13.4. The number of hydrogen-bond donors (Lipinski definition) is 2. The summed E-state index contributed by atoms with van der Waals surface area (Å²) >= 11 is 0. The van der Waals surface area contributed by atoms with Crippen LogP contribution in [0.25, 0.3) is 0 Å². The summed E-state index contributed by atoms with van der Waals surface area (Å²) < 4.78 is 5.36. The molecule has 2 amide bonds. The van der Waals surface area contributed by atoms with Gasteiger partial charge in [0.1, 0.15) is 5.69 Å². The van der Waals surface area contributed by atoms with Crippen molar-refractivity contribution in [3.8, 4) is 0 Å². The standard InChI is InChI=1S/C20H21N3O3/c1-21-20(25)17-9-13(19(24)23-18-15-10-26-11-16(15)18)8-14(22-17)7-12-5-3-2-4-6-12/h2-6,8-9,15-16,18H,7,10-11H2,1H3,(H,21,25)(H,23,24)/t15-,16+,18?. The van der Waals surface area contributed by atoms with Crippen molar-refractivity contribution in [3.63, 3.8) is 0 Å². The minimum atomic E-state index is -0.300. The predicted octanol–water partition coefficient (Wildman–Crippen LogP) is 1.41. The maximum Gasteiger partial charge on any atom is 0.269 e. The van der Waals surface area contributed by atoms with E-state index >= 15 is 0 Å². The summed E-state index contributed by atoms with van der Waals surface area (Å²) in [6.45, 7) is 1.43. The SMILES string of the molecule is CNC(=O)c1cc(C(=O)NC2[C@H]3COC[C@@H]23)cc(Cc2ccccc2)n1. The molecule has 26 heavy (non-hydrogen) atoms. The molecule has 2 aliphatic rings. The second-order valence-corrected chi connectivity index (χ2v) is 6.84. The van der Waals surface area contributed by atoms with Gasteiger partial charge in [0.25, 0.3) is 11.8 Å². The normalized spacial score (nSPS) is 23.2. The molecule has 2 N–H and O–H groups in total. The van der Waals surface area contributed by atoms with E-state index in [2.05, 4.69) is 15.6 Å². The molecule has 0 bridgehead atoms. The Bertz CT molecular complexity index is 827. The number of carbonyl (C=O) groups excluding carboxylic acids is 2. The molecule has 134 valence electrons. The number of aromatic nitrogens is 1. The second kappa shape index (κ2) is 6.88. The van der Waals surface area contributed by atoms with Crippen LogP contribution in [0.1, 0.15) is 32.1 Å². The average molecular weight is 351 g/mol. The van der Waals surface area contributed by atoms with Crippen LogP contribution in [-0.2, 0) is 11.2 Å². The Kier molecular flexibility index (Phi) is 4.42. The lowest BCUT2D eigenvalue weighted by molar-refractivity contribution is 0.0928. The van der Waals surface area contributed by atoms with Crippen LogP contribution in [0.2, 0.25) is 0 Å². The second-order valence-electron chi connectivity index (χ2n) is 6.84. The van der Waals surface area contributed by atoms with E-state index < -0.39 is 0 Å². The number of pyridine rings is 1. The van der Waals surface area contributed by atoms with E-state index in [1.54, 1.807) is 19.2 Å². The third-order valence-electron chi connectivity index (χ3n) is 5.08. The molecule has 2 fully saturated rings. The molecule has 1 aliphatic carbocycles. The van der Waals surface area contributed by atoms with Gasteiger partial charge in [-0.2, -0.15) is 0 Å². The maximum atomic E-state index is 12.7. The lowest BCUT2D eigenvalue weighted by Crippen LogP contribution is -2.30. The lowest BCUT2D eigenvalue weighted by atomic mass is 10.1. The molecule has 1 aliphatic heterocycles. The van der Waals surface area contributed by atoms with Gasteiger partial charge >= 0.3 is 0 Å². The van der Waals surface area contributed by atoms with Gasteiger partial charge in [-0.3, -0.25) is 9.59 Å². The third kappa shape index (κ3) is 3.32. The van der Waals surface area contributed by atoms with Gasteiger partial charge in [0.2, 0.25) is 0 Å². The summed E-state index contributed by atoms with van der Waals surface area (Å²) in [5.74, 6) is 0.405. The third-order valence-corrected chi connectivity index (χ3v) is 5.08. The minimum absolute atomic E-state index is 0.161. The molecule has 1 aromatic carbocycles. The molecule has 4 rings (SSSR count). The van der Waals surface area contributed by atoms with Crippen molar-refractivity contribution < 1.29 is 14.3 Å². The predicted molar refractivity (Wildman–Crippen MR) is 95.9 cm³/mol.